The first kappa shape index (κ1) is 32.0. The van der Waals surface area contributed by atoms with Gasteiger partial charge in [0.2, 0.25) is 0 Å². The maximum atomic E-state index is 6.42. The van der Waals surface area contributed by atoms with Gasteiger partial charge in [-0.2, -0.15) is 0 Å². The molecule has 8 aromatic rings. The topological polar surface area (TPSA) is 23.4 Å². The van der Waals surface area contributed by atoms with E-state index in [-0.39, 0.29) is 0 Å². The third kappa shape index (κ3) is 4.69. The third-order valence-corrected chi connectivity index (χ3v) is 12.1. The number of hydrogen-bond acceptors (Lipinski definition) is 2. The van der Waals surface area contributed by atoms with E-state index in [0.29, 0.717) is 0 Å². The highest BCUT2D eigenvalue weighted by molar-refractivity contribution is 6.62. The minimum atomic E-state index is -0.460. The van der Waals surface area contributed by atoms with Gasteiger partial charge < -0.3 is 13.9 Å². The van der Waals surface area contributed by atoms with Crippen molar-refractivity contribution in [3.8, 4) is 27.9 Å². The van der Waals surface area contributed by atoms with Gasteiger partial charge in [0, 0.05) is 16.5 Å². The van der Waals surface area contributed by atoms with Gasteiger partial charge in [0.05, 0.1) is 27.7 Å². The van der Waals surface area contributed by atoms with Crippen LogP contribution in [0.5, 0.6) is 0 Å². The summed E-state index contributed by atoms with van der Waals surface area (Å²) in [5.41, 5.74) is 13.3. The van der Waals surface area contributed by atoms with Crippen LogP contribution in [0.1, 0.15) is 49.9 Å². The number of aromatic nitrogens is 1. The van der Waals surface area contributed by atoms with Crippen LogP contribution in [0.3, 0.4) is 0 Å². The normalized spacial score (nSPS) is 16.6. The molecule has 1 aliphatic carbocycles. The van der Waals surface area contributed by atoms with Crippen LogP contribution >= 0.6 is 0 Å². The highest BCUT2D eigenvalue weighted by Gasteiger charge is 2.52. The molecule has 0 bridgehead atoms. The second-order valence-electron chi connectivity index (χ2n) is 15.6. The number of hydrogen-bond donors (Lipinski definition) is 0. The van der Waals surface area contributed by atoms with E-state index < -0.39 is 23.7 Å². The average Bonchev–Trinajstić information content (AvgIpc) is 3.76. The molecule has 10 rings (SSSR count). The van der Waals surface area contributed by atoms with E-state index in [1.54, 1.807) is 0 Å². The van der Waals surface area contributed by atoms with Gasteiger partial charge >= 0.3 is 7.12 Å². The second kappa shape index (κ2) is 11.7. The van der Waals surface area contributed by atoms with Crippen molar-refractivity contribution < 1.29 is 9.31 Å². The van der Waals surface area contributed by atoms with Crippen LogP contribution in [0.25, 0.3) is 49.7 Å². The SMILES string of the molecule is CC1(C)OB(c2cccc(-c3ccc4c(c3)c3ccccc3n4-c3ccc4c(c3)C(c3ccccc3)(c3ccccc3)c3ccccc3-4)c2)OC1(C)C. The molecule has 0 unspecified atom stereocenters. The number of rotatable bonds is 5. The van der Waals surface area contributed by atoms with E-state index in [0.717, 1.165) is 22.3 Å². The summed E-state index contributed by atoms with van der Waals surface area (Å²) in [6.07, 6.45) is 0. The number of nitrogens with zero attached hydrogens (tertiary/aromatic N) is 1. The summed E-state index contributed by atoms with van der Waals surface area (Å²) in [6, 6.07) is 62.4. The van der Waals surface area contributed by atoms with E-state index in [4.69, 9.17) is 9.31 Å². The summed E-state index contributed by atoms with van der Waals surface area (Å²) < 4.78 is 15.3. The smallest absolute Gasteiger partial charge is 0.399 e. The summed E-state index contributed by atoms with van der Waals surface area (Å²) in [5.74, 6) is 0. The zero-order valence-corrected chi connectivity index (χ0v) is 30.5. The first-order valence-electron chi connectivity index (χ1n) is 18.6. The molecular formula is C49H40BNO2. The lowest BCUT2D eigenvalue weighted by molar-refractivity contribution is 0.00578. The van der Waals surface area contributed by atoms with Gasteiger partial charge in [-0.05, 0) is 108 Å². The molecule has 7 aromatic carbocycles. The molecule has 0 atom stereocenters. The first-order valence-corrected chi connectivity index (χ1v) is 18.6. The van der Waals surface area contributed by atoms with Crippen LogP contribution in [-0.4, -0.2) is 22.9 Å². The standard InChI is InChI=1S/C49H40BNO2/c1-47(2)48(3,4)53-50(52-47)37-21-15-16-33(30-37)34-26-29-46-42(31-34)41-23-12-14-25-45(41)51(46)38-27-28-40-39-22-11-13-24-43(39)49(44(40)32-38,35-17-7-5-8-18-35)36-19-9-6-10-20-36/h5-32H,1-4H3. The van der Waals surface area contributed by atoms with E-state index >= 15 is 0 Å². The van der Waals surface area contributed by atoms with Crippen LogP contribution < -0.4 is 5.46 Å². The van der Waals surface area contributed by atoms with Crippen molar-refractivity contribution in [2.45, 2.75) is 44.3 Å². The number of para-hydroxylation sites is 1. The zero-order valence-electron chi connectivity index (χ0n) is 30.5. The van der Waals surface area contributed by atoms with Gasteiger partial charge in [0.25, 0.3) is 0 Å². The highest BCUT2D eigenvalue weighted by Crippen LogP contribution is 2.56. The summed E-state index contributed by atoms with van der Waals surface area (Å²) in [6.45, 7) is 8.40. The summed E-state index contributed by atoms with van der Waals surface area (Å²) >= 11 is 0. The predicted molar refractivity (Wildman–Crippen MR) is 219 cm³/mol. The quantitative estimate of drug-likeness (QED) is 0.168. The van der Waals surface area contributed by atoms with Crippen molar-refractivity contribution in [3.63, 3.8) is 0 Å². The first-order chi connectivity index (χ1) is 25.8. The predicted octanol–water partition coefficient (Wildman–Crippen LogP) is 11.1. The van der Waals surface area contributed by atoms with Gasteiger partial charge in [-0.3, -0.25) is 0 Å². The third-order valence-electron chi connectivity index (χ3n) is 12.1. The van der Waals surface area contributed by atoms with E-state index in [1.807, 2.05) is 0 Å². The van der Waals surface area contributed by atoms with Crippen molar-refractivity contribution in [2.24, 2.45) is 0 Å². The Bertz CT molecular complexity index is 2640. The van der Waals surface area contributed by atoms with Crippen LogP contribution in [0.2, 0.25) is 0 Å². The molecule has 1 aromatic heterocycles. The maximum Gasteiger partial charge on any atom is 0.494 e. The Labute approximate surface area is 311 Å². The minimum Gasteiger partial charge on any atom is -0.399 e. The van der Waals surface area contributed by atoms with E-state index in [2.05, 4.69) is 202 Å². The fourth-order valence-corrected chi connectivity index (χ4v) is 8.85. The maximum absolute atomic E-state index is 6.42. The Morgan fingerprint density at radius 3 is 1.79 bits per heavy atom. The van der Waals surface area contributed by atoms with Gasteiger partial charge in [-0.15, -0.1) is 0 Å². The Balaban J connectivity index is 1.15. The van der Waals surface area contributed by atoms with Crippen molar-refractivity contribution in [1.29, 1.82) is 0 Å². The summed E-state index contributed by atoms with van der Waals surface area (Å²) in [5, 5.41) is 2.45. The molecule has 0 radical (unpaired) electrons. The number of fused-ring (bicyclic) bond motifs is 6. The zero-order chi connectivity index (χ0) is 36.0. The van der Waals surface area contributed by atoms with Crippen molar-refractivity contribution in [3.05, 3.63) is 192 Å². The largest absolute Gasteiger partial charge is 0.494 e. The van der Waals surface area contributed by atoms with Crippen LogP contribution in [0.15, 0.2) is 170 Å². The Hall–Kier alpha value is -5.68. The lowest BCUT2D eigenvalue weighted by Crippen LogP contribution is -2.41. The Kier molecular flexibility index (Phi) is 7.05. The van der Waals surface area contributed by atoms with Crippen LogP contribution in [-0.2, 0) is 14.7 Å². The molecule has 0 N–H and O–H groups in total. The monoisotopic (exact) mass is 685 g/mol. The van der Waals surface area contributed by atoms with Crippen LogP contribution in [0, 0.1) is 0 Å². The Morgan fingerprint density at radius 1 is 0.453 bits per heavy atom. The average molecular weight is 686 g/mol. The van der Waals surface area contributed by atoms with Crippen molar-refractivity contribution >= 4 is 34.4 Å². The molecule has 0 spiro atoms. The van der Waals surface area contributed by atoms with Gasteiger partial charge in [0.1, 0.15) is 0 Å². The van der Waals surface area contributed by atoms with E-state index in [1.165, 1.54) is 55.2 Å². The Morgan fingerprint density at radius 2 is 1.06 bits per heavy atom. The van der Waals surface area contributed by atoms with Gasteiger partial charge in [-0.25, -0.2) is 0 Å². The van der Waals surface area contributed by atoms with Crippen LogP contribution in [0.4, 0.5) is 0 Å². The molecule has 4 heteroatoms. The molecule has 0 amide bonds. The van der Waals surface area contributed by atoms with Crippen molar-refractivity contribution in [1.82, 2.24) is 4.57 Å². The summed E-state index contributed by atoms with van der Waals surface area (Å²) in [7, 11) is -0.407. The molecule has 256 valence electrons. The molecule has 1 fully saturated rings. The number of benzene rings is 7. The molecule has 53 heavy (non-hydrogen) atoms. The fraction of sp³-hybridized carbons (Fsp3) is 0.143. The lowest BCUT2D eigenvalue weighted by Gasteiger charge is -2.34. The summed E-state index contributed by atoms with van der Waals surface area (Å²) in [4.78, 5) is 0. The molecule has 0 saturated carbocycles. The lowest BCUT2D eigenvalue weighted by atomic mass is 9.67. The molecule has 1 saturated heterocycles. The molecule has 2 aliphatic rings. The van der Waals surface area contributed by atoms with Gasteiger partial charge in [0.15, 0.2) is 0 Å². The molecule has 3 nitrogen and oxygen atoms in total. The molecular weight excluding hydrogens is 645 g/mol. The van der Waals surface area contributed by atoms with Gasteiger partial charge in [-0.1, -0.05) is 140 Å². The van der Waals surface area contributed by atoms with Crippen molar-refractivity contribution in [2.75, 3.05) is 0 Å². The highest BCUT2D eigenvalue weighted by atomic mass is 16.7. The molecule has 2 heterocycles. The second-order valence-corrected chi connectivity index (χ2v) is 15.6. The van der Waals surface area contributed by atoms with E-state index in [9.17, 15) is 0 Å². The molecule has 1 aliphatic heterocycles. The fourth-order valence-electron chi connectivity index (χ4n) is 8.85. The minimum absolute atomic E-state index is 0.392.